The van der Waals surface area contributed by atoms with Gasteiger partial charge in [0.1, 0.15) is 4.90 Å². The highest BCUT2D eigenvalue weighted by Crippen LogP contribution is 2.26. The summed E-state index contributed by atoms with van der Waals surface area (Å²) in [5.74, 6) is -0.126. The third kappa shape index (κ3) is 3.90. The highest BCUT2D eigenvalue weighted by molar-refractivity contribution is 7.89. The molecule has 0 aliphatic heterocycles. The van der Waals surface area contributed by atoms with Crippen LogP contribution in [0, 0.1) is 0 Å². The Labute approximate surface area is 139 Å². The lowest BCUT2D eigenvalue weighted by Gasteiger charge is -2.13. The van der Waals surface area contributed by atoms with E-state index in [2.05, 4.69) is 10.4 Å². The molecule has 0 radical (unpaired) electrons. The molecule has 2 aromatic rings. The van der Waals surface area contributed by atoms with Crippen molar-refractivity contribution in [1.82, 2.24) is 19.4 Å². The Morgan fingerprint density at radius 2 is 2.09 bits per heavy atom. The second-order valence-corrected chi connectivity index (χ2v) is 7.63. The summed E-state index contributed by atoms with van der Waals surface area (Å²) in [6.45, 7) is 1.81. The van der Waals surface area contributed by atoms with Gasteiger partial charge in [-0.1, -0.05) is 11.6 Å². The molecule has 1 N–H and O–H groups in total. The van der Waals surface area contributed by atoms with Gasteiger partial charge in [0.2, 0.25) is 15.9 Å². The summed E-state index contributed by atoms with van der Waals surface area (Å²) >= 11 is 6.11. The third-order valence-corrected chi connectivity index (χ3v) is 5.41. The van der Waals surface area contributed by atoms with Gasteiger partial charge in [0, 0.05) is 39.3 Å². The number of carbonyl (C=O) groups is 1. The number of amides is 1. The molecule has 2 rings (SSSR count). The first-order chi connectivity index (χ1) is 10.7. The molecule has 7 nitrogen and oxygen atoms in total. The molecule has 0 bridgehead atoms. The van der Waals surface area contributed by atoms with Crippen LogP contribution in [0.25, 0.3) is 5.69 Å². The zero-order valence-electron chi connectivity index (χ0n) is 12.9. The molecule has 1 aromatic heterocycles. The zero-order chi connectivity index (χ0) is 17.2. The number of hydrogen-bond acceptors (Lipinski definition) is 4. The van der Waals surface area contributed by atoms with E-state index >= 15 is 0 Å². The average Bonchev–Trinajstić information content (AvgIpc) is 2.93. The molecular weight excluding hydrogens is 340 g/mol. The van der Waals surface area contributed by atoms with E-state index in [-0.39, 0.29) is 15.8 Å². The second-order valence-electron chi connectivity index (χ2n) is 5.11. The highest BCUT2D eigenvalue weighted by atomic mass is 35.5. The summed E-state index contributed by atoms with van der Waals surface area (Å²) in [5.41, 5.74) is 1.45. The minimum atomic E-state index is -3.60. The van der Waals surface area contributed by atoms with Crippen LogP contribution in [0.2, 0.25) is 5.02 Å². The molecule has 0 aliphatic carbocycles. The second kappa shape index (κ2) is 6.69. The lowest BCUT2D eigenvalue weighted by Crippen LogP contribution is -2.22. The van der Waals surface area contributed by atoms with Crippen molar-refractivity contribution >= 4 is 27.5 Å². The number of benzene rings is 1. The van der Waals surface area contributed by atoms with E-state index < -0.39 is 10.0 Å². The molecule has 9 heteroatoms. The van der Waals surface area contributed by atoms with Crippen LogP contribution in [-0.2, 0) is 21.4 Å². The first-order valence-corrected chi connectivity index (χ1v) is 8.54. The number of nitrogens with zero attached hydrogens (tertiary/aromatic N) is 3. The topological polar surface area (TPSA) is 84.3 Å². The van der Waals surface area contributed by atoms with E-state index in [1.807, 2.05) is 0 Å². The average molecular weight is 357 g/mol. The van der Waals surface area contributed by atoms with Gasteiger partial charge < -0.3 is 5.32 Å². The van der Waals surface area contributed by atoms with Crippen LogP contribution in [0.4, 0.5) is 0 Å². The predicted molar refractivity (Wildman–Crippen MR) is 87.0 cm³/mol. The maximum absolute atomic E-state index is 12.1. The van der Waals surface area contributed by atoms with Gasteiger partial charge in [-0.05, 0) is 18.2 Å². The predicted octanol–water partition coefficient (Wildman–Crippen LogP) is 1.41. The molecule has 124 valence electrons. The van der Waals surface area contributed by atoms with Crippen molar-refractivity contribution in [2.75, 3.05) is 14.1 Å². The van der Waals surface area contributed by atoms with Gasteiger partial charge in [0.25, 0.3) is 0 Å². The molecular formula is C14H17ClN4O3S. The van der Waals surface area contributed by atoms with Crippen LogP contribution in [0.15, 0.2) is 35.5 Å². The lowest BCUT2D eigenvalue weighted by atomic mass is 10.3. The normalized spacial score (nSPS) is 11.7. The lowest BCUT2D eigenvalue weighted by molar-refractivity contribution is -0.119. The molecule has 1 heterocycles. The smallest absolute Gasteiger partial charge is 0.244 e. The van der Waals surface area contributed by atoms with Gasteiger partial charge in [-0.15, -0.1) is 0 Å². The van der Waals surface area contributed by atoms with Crippen LogP contribution in [-0.4, -0.2) is 42.5 Å². The maximum Gasteiger partial charge on any atom is 0.244 e. The van der Waals surface area contributed by atoms with E-state index in [1.54, 1.807) is 23.1 Å². The Morgan fingerprint density at radius 3 is 2.65 bits per heavy atom. The van der Waals surface area contributed by atoms with Crippen molar-refractivity contribution in [3.05, 3.63) is 41.2 Å². The Hall–Kier alpha value is -1.90. The number of hydrogen-bond donors (Lipinski definition) is 1. The van der Waals surface area contributed by atoms with Gasteiger partial charge in [-0.25, -0.2) is 17.4 Å². The molecule has 0 aliphatic rings. The standard InChI is InChI=1S/C14H17ClN4O3S/c1-10(20)16-7-11-8-17-19(9-11)12-4-5-14(13(15)6-12)23(21,22)18(2)3/h4-6,8-9H,7H2,1-3H3,(H,16,20). The fourth-order valence-electron chi connectivity index (χ4n) is 1.86. The third-order valence-electron chi connectivity index (χ3n) is 3.12. The van der Waals surface area contributed by atoms with Crippen molar-refractivity contribution in [1.29, 1.82) is 0 Å². The minimum absolute atomic E-state index is 0.0403. The molecule has 1 aromatic carbocycles. The van der Waals surface area contributed by atoms with Crippen LogP contribution in [0.5, 0.6) is 0 Å². The first-order valence-electron chi connectivity index (χ1n) is 6.72. The van der Waals surface area contributed by atoms with E-state index in [0.29, 0.717) is 12.2 Å². The number of sulfonamides is 1. The van der Waals surface area contributed by atoms with Crippen molar-refractivity contribution in [3.63, 3.8) is 0 Å². The summed E-state index contributed by atoms with van der Waals surface area (Å²) in [4.78, 5) is 10.9. The van der Waals surface area contributed by atoms with Crippen molar-refractivity contribution < 1.29 is 13.2 Å². The Balaban J connectivity index is 2.29. The maximum atomic E-state index is 12.1. The monoisotopic (exact) mass is 356 g/mol. The Kier molecular flexibility index (Phi) is 5.08. The van der Waals surface area contributed by atoms with Crippen LogP contribution >= 0.6 is 11.6 Å². The fraction of sp³-hybridized carbons (Fsp3) is 0.286. The molecule has 0 atom stereocenters. The van der Waals surface area contributed by atoms with Gasteiger partial charge in [-0.3, -0.25) is 4.79 Å². The first kappa shape index (κ1) is 17.5. The number of rotatable bonds is 5. The Morgan fingerprint density at radius 1 is 1.39 bits per heavy atom. The largest absolute Gasteiger partial charge is 0.352 e. The molecule has 0 unspecified atom stereocenters. The van der Waals surface area contributed by atoms with E-state index in [4.69, 9.17) is 11.6 Å². The van der Waals surface area contributed by atoms with Gasteiger partial charge in [0.05, 0.1) is 16.9 Å². The highest BCUT2D eigenvalue weighted by Gasteiger charge is 2.21. The van der Waals surface area contributed by atoms with E-state index in [9.17, 15) is 13.2 Å². The summed E-state index contributed by atoms with van der Waals surface area (Å²) in [7, 11) is -0.704. The number of nitrogens with one attached hydrogen (secondary N) is 1. The molecule has 0 fully saturated rings. The number of halogens is 1. The van der Waals surface area contributed by atoms with Crippen LogP contribution in [0.1, 0.15) is 12.5 Å². The quantitative estimate of drug-likeness (QED) is 0.877. The molecule has 0 spiro atoms. The van der Waals surface area contributed by atoms with Gasteiger partial charge in [0.15, 0.2) is 0 Å². The summed E-state index contributed by atoms with van der Waals surface area (Å²) in [6.07, 6.45) is 3.36. The van der Waals surface area contributed by atoms with Crippen molar-refractivity contribution in [2.45, 2.75) is 18.4 Å². The summed E-state index contributed by atoms with van der Waals surface area (Å²) in [5, 5.41) is 6.98. The van der Waals surface area contributed by atoms with Gasteiger partial charge in [-0.2, -0.15) is 5.10 Å². The van der Waals surface area contributed by atoms with Crippen LogP contribution < -0.4 is 5.32 Å². The summed E-state index contributed by atoms with van der Waals surface area (Å²) in [6, 6.07) is 4.60. The fourth-order valence-corrected chi connectivity index (χ4v) is 3.26. The summed E-state index contributed by atoms with van der Waals surface area (Å²) < 4.78 is 26.9. The molecule has 0 saturated carbocycles. The van der Waals surface area contributed by atoms with Crippen molar-refractivity contribution in [3.8, 4) is 5.69 Å². The zero-order valence-corrected chi connectivity index (χ0v) is 14.5. The number of aromatic nitrogens is 2. The van der Waals surface area contributed by atoms with Crippen LogP contribution in [0.3, 0.4) is 0 Å². The van der Waals surface area contributed by atoms with E-state index in [1.165, 1.54) is 33.2 Å². The number of carbonyl (C=O) groups excluding carboxylic acids is 1. The Bertz CT molecular complexity index is 830. The molecule has 23 heavy (non-hydrogen) atoms. The van der Waals surface area contributed by atoms with Crippen molar-refractivity contribution in [2.24, 2.45) is 0 Å². The molecule has 1 amide bonds. The SMILES string of the molecule is CC(=O)NCc1cnn(-c2ccc(S(=O)(=O)N(C)C)c(Cl)c2)c1. The van der Waals surface area contributed by atoms with Gasteiger partial charge >= 0.3 is 0 Å². The minimum Gasteiger partial charge on any atom is -0.352 e. The molecule has 0 saturated heterocycles. The van der Waals surface area contributed by atoms with E-state index in [0.717, 1.165) is 9.87 Å².